The van der Waals surface area contributed by atoms with E-state index >= 15 is 0 Å². The highest BCUT2D eigenvalue weighted by molar-refractivity contribution is 5.96. The Balaban J connectivity index is 2.21. The zero-order chi connectivity index (χ0) is 14.6. The molecule has 0 radical (unpaired) electrons. The summed E-state index contributed by atoms with van der Waals surface area (Å²) in [6, 6.07) is 0. The van der Waals surface area contributed by atoms with Crippen molar-refractivity contribution < 1.29 is 19.1 Å². The van der Waals surface area contributed by atoms with Gasteiger partial charge in [0.25, 0.3) is 5.91 Å². The van der Waals surface area contributed by atoms with Crippen molar-refractivity contribution in [2.75, 3.05) is 20.8 Å². The van der Waals surface area contributed by atoms with E-state index in [0.717, 1.165) is 32.1 Å². The molecular formula is C15H23NO4. The first-order chi connectivity index (χ1) is 9.62. The average molecular weight is 281 g/mol. The number of nitrogens with zero attached hydrogens (tertiary/aromatic N) is 1. The quantitative estimate of drug-likeness (QED) is 0.743. The maximum Gasteiger partial charge on any atom is 0.331 e. The highest BCUT2D eigenvalue weighted by atomic mass is 16.5. The van der Waals surface area contributed by atoms with Crippen LogP contribution in [0.2, 0.25) is 0 Å². The lowest BCUT2D eigenvalue weighted by Crippen LogP contribution is -2.57. The zero-order valence-corrected chi connectivity index (χ0v) is 12.3. The van der Waals surface area contributed by atoms with Crippen LogP contribution in [-0.2, 0) is 19.1 Å². The standard InChI is InChI=1S/C15H23NO4/c1-16(13(17)12-8-4-7-11-20-12)15(14(18)19-2)9-5-3-6-10-15/h8H,3-7,9-11H2,1-2H3. The second kappa shape index (κ2) is 6.29. The third-order valence-electron chi connectivity index (χ3n) is 4.34. The molecule has 0 bridgehead atoms. The third-order valence-corrected chi connectivity index (χ3v) is 4.34. The molecular weight excluding hydrogens is 258 g/mol. The van der Waals surface area contributed by atoms with Crippen LogP contribution >= 0.6 is 0 Å². The topological polar surface area (TPSA) is 55.8 Å². The van der Waals surface area contributed by atoms with Crippen LogP contribution in [0, 0.1) is 0 Å². The maximum atomic E-state index is 12.5. The number of hydrogen-bond acceptors (Lipinski definition) is 4. The van der Waals surface area contributed by atoms with E-state index in [1.54, 1.807) is 7.05 Å². The van der Waals surface area contributed by atoms with E-state index in [2.05, 4.69) is 0 Å². The minimum Gasteiger partial charge on any atom is -0.488 e. The number of hydrogen-bond donors (Lipinski definition) is 0. The molecule has 0 aromatic rings. The Bertz CT molecular complexity index is 410. The lowest BCUT2D eigenvalue weighted by molar-refractivity contribution is -0.163. The molecule has 0 aromatic carbocycles. The molecule has 1 heterocycles. The van der Waals surface area contributed by atoms with Gasteiger partial charge in [0, 0.05) is 7.05 Å². The van der Waals surface area contributed by atoms with Crippen molar-refractivity contribution in [3.63, 3.8) is 0 Å². The fourth-order valence-corrected chi connectivity index (χ4v) is 3.07. The van der Waals surface area contributed by atoms with Gasteiger partial charge < -0.3 is 14.4 Å². The molecule has 5 heteroatoms. The predicted octanol–water partition coefficient (Wildman–Crippen LogP) is 2.01. The lowest BCUT2D eigenvalue weighted by atomic mass is 9.80. The SMILES string of the molecule is COC(=O)C1(N(C)C(=O)C2=CCCCO2)CCCCC1. The first kappa shape index (κ1) is 14.9. The van der Waals surface area contributed by atoms with Crippen LogP contribution in [0.25, 0.3) is 0 Å². The first-order valence-electron chi connectivity index (χ1n) is 7.31. The molecule has 0 atom stereocenters. The maximum absolute atomic E-state index is 12.5. The summed E-state index contributed by atoms with van der Waals surface area (Å²) >= 11 is 0. The van der Waals surface area contributed by atoms with Crippen molar-refractivity contribution in [2.24, 2.45) is 0 Å². The Kier molecular flexibility index (Phi) is 4.68. The van der Waals surface area contributed by atoms with Crippen molar-refractivity contribution in [3.05, 3.63) is 11.8 Å². The molecule has 0 spiro atoms. The molecule has 0 unspecified atom stereocenters. The molecule has 20 heavy (non-hydrogen) atoms. The molecule has 1 aliphatic carbocycles. The Morgan fingerprint density at radius 3 is 2.50 bits per heavy atom. The number of rotatable bonds is 3. The number of likely N-dealkylation sites (N-methyl/N-ethyl adjacent to an activating group) is 1. The monoisotopic (exact) mass is 281 g/mol. The van der Waals surface area contributed by atoms with Crippen molar-refractivity contribution >= 4 is 11.9 Å². The summed E-state index contributed by atoms with van der Waals surface area (Å²) in [4.78, 5) is 26.3. The fourth-order valence-electron chi connectivity index (χ4n) is 3.07. The summed E-state index contributed by atoms with van der Waals surface area (Å²) in [5.74, 6) is -0.158. The minimum atomic E-state index is -0.828. The van der Waals surface area contributed by atoms with Gasteiger partial charge in [-0.3, -0.25) is 4.79 Å². The van der Waals surface area contributed by atoms with Crippen LogP contribution in [0.15, 0.2) is 11.8 Å². The fraction of sp³-hybridized carbons (Fsp3) is 0.733. The first-order valence-corrected chi connectivity index (χ1v) is 7.31. The summed E-state index contributed by atoms with van der Waals surface area (Å²) < 4.78 is 10.4. The van der Waals surface area contributed by atoms with Crippen molar-refractivity contribution in [2.45, 2.75) is 50.5 Å². The van der Waals surface area contributed by atoms with Gasteiger partial charge >= 0.3 is 5.97 Å². The second-order valence-corrected chi connectivity index (χ2v) is 5.51. The molecule has 1 aliphatic heterocycles. The van der Waals surface area contributed by atoms with E-state index in [9.17, 15) is 9.59 Å². The van der Waals surface area contributed by atoms with Gasteiger partial charge in [-0.05, 0) is 31.8 Å². The summed E-state index contributed by atoms with van der Waals surface area (Å²) in [5, 5.41) is 0. The number of ether oxygens (including phenoxy) is 2. The van der Waals surface area contributed by atoms with Crippen molar-refractivity contribution in [1.82, 2.24) is 4.90 Å². The smallest absolute Gasteiger partial charge is 0.331 e. The van der Waals surface area contributed by atoms with Gasteiger partial charge in [-0.1, -0.05) is 19.3 Å². The van der Waals surface area contributed by atoms with Crippen molar-refractivity contribution in [3.8, 4) is 0 Å². The summed E-state index contributed by atoms with van der Waals surface area (Å²) in [6.45, 7) is 0.566. The second-order valence-electron chi connectivity index (χ2n) is 5.51. The largest absolute Gasteiger partial charge is 0.488 e. The number of amides is 1. The van der Waals surface area contributed by atoms with Crippen LogP contribution in [0.3, 0.4) is 0 Å². The number of esters is 1. The average Bonchev–Trinajstić information content (AvgIpc) is 2.54. The van der Waals surface area contributed by atoms with Crippen LogP contribution in [-0.4, -0.2) is 43.1 Å². The van der Waals surface area contributed by atoms with Gasteiger partial charge in [-0.2, -0.15) is 0 Å². The van der Waals surface area contributed by atoms with Crippen LogP contribution in [0.5, 0.6) is 0 Å². The van der Waals surface area contributed by atoms with E-state index in [1.165, 1.54) is 12.0 Å². The highest BCUT2D eigenvalue weighted by Crippen LogP contribution is 2.35. The molecule has 1 fully saturated rings. The summed E-state index contributed by atoms with van der Waals surface area (Å²) in [5.41, 5.74) is -0.828. The molecule has 5 nitrogen and oxygen atoms in total. The van der Waals surface area contributed by atoms with Crippen molar-refractivity contribution in [1.29, 1.82) is 0 Å². The molecule has 0 aromatic heterocycles. The molecule has 112 valence electrons. The molecule has 1 saturated carbocycles. The van der Waals surface area contributed by atoms with E-state index in [0.29, 0.717) is 25.2 Å². The lowest BCUT2D eigenvalue weighted by Gasteiger charge is -2.42. The van der Waals surface area contributed by atoms with E-state index in [-0.39, 0.29) is 11.9 Å². The number of carbonyl (C=O) groups is 2. The Hall–Kier alpha value is -1.52. The molecule has 0 saturated heterocycles. The van der Waals surface area contributed by atoms with Gasteiger partial charge in [-0.15, -0.1) is 0 Å². The minimum absolute atomic E-state index is 0.211. The highest BCUT2D eigenvalue weighted by Gasteiger charge is 2.47. The molecule has 2 aliphatic rings. The van der Waals surface area contributed by atoms with Crippen LogP contribution in [0.1, 0.15) is 44.9 Å². The Morgan fingerprint density at radius 1 is 1.25 bits per heavy atom. The number of carbonyl (C=O) groups excluding carboxylic acids is 2. The van der Waals surface area contributed by atoms with Crippen LogP contribution < -0.4 is 0 Å². The van der Waals surface area contributed by atoms with E-state index < -0.39 is 5.54 Å². The van der Waals surface area contributed by atoms with Gasteiger partial charge in [0.1, 0.15) is 5.54 Å². The number of methoxy groups -OCH3 is 1. The van der Waals surface area contributed by atoms with Gasteiger partial charge in [0.05, 0.1) is 13.7 Å². The van der Waals surface area contributed by atoms with Gasteiger partial charge in [-0.25, -0.2) is 4.79 Å². The molecule has 2 rings (SSSR count). The van der Waals surface area contributed by atoms with E-state index in [1.807, 2.05) is 6.08 Å². The summed E-state index contributed by atoms with van der Waals surface area (Å²) in [7, 11) is 3.07. The van der Waals surface area contributed by atoms with Crippen LogP contribution in [0.4, 0.5) is 0 Å². The molecule has 1 amide bonds. The van der Waals surface area contributed by atoms with Gasteiger partial charge in [0.15, 0.2) is 5.76 Å². The zero-order valence-electron chi connectivity index (χ0n) is 12.3. The normalized spacial score (nSPS) is 21.4. The number of allylic oxidation sites excluding steroid dienone is 1. The Labute approximate surface area is 119 Å². The molecule has 0 N–H and O–H groups in total. The van der Waals surface area contributed by atoms with Gasteiger partial charge in [0.2, 0.25) is 0 Å². The summed E-state index contributed by atoms with van der Waals surface area (Å²) in [6.07, 6.45) is 7.89. The third kappa shape index (κ3) is 2.67. The Morgan fingerprint density at radius 2 is 1.95 bits per heavy atom. The van der Waals surface area contributed by atoms with E-state index in [4.69, 9.17) is 9.47 Å². The predicted molar refractivity (Wildman–Crippen MR) is 73.9 cm³/mol.